The summed E-state index contributed by atoms with van der Waals surface area (Å²) in [6, 6.07) is 10.3. The smallest absolute Gasteiger partial charge is 0.352 e. The molecule has 2 rings (SSSR count). The highest BCUT2D eigenvalue weighted by Gasteiger charge is 2.13. The molecule has 0 spiro atoms. The number of carboxylic acid groups (broad SMARTS) is 1. The van der Waals surface area contributed by atoms with E-state index in [0.717, 1.165) is 23.9 Å². The molecule has 3 nitrogen and oxygen atoms in total. The molecule has 3 heteroatoms. The van der Waals surface area contributed by atoms with Crippen molar-refractivity contribution < 1.29 is 9.90 Å². The topological polar surface area (TPSA) is 42.2 Å². The second-order valence-electron chi connectivity index (χ2n) is 3.46. The van der Waals surface area contributed by atoms with Crippen molar-refractivity contribution in [1.82, 2.24) is 4.57 Å². The van der Waals surface area contributed by atoms with Crippen LogP contribution in [0.15, 0.2) is 24.3 Å². The molecule has 0 aliphatic carbocycles. The Kier molecular flexibility index (Phi) is 2.46. The summed E-state index contributed by atoms with van der Waals surface area (Å²) in [7, 11) is 0. The molecule has 0 aliphatic rings. The van der Waals surface area contributed by atoms with Crippen LogP contribution in [0.25, 0.3) is 10.9 Å². The van der Waals surface area contributed by atoms with Crippen molar-refractivity contribution in [2.75, 3.05) is 0 Å². The number of hydrogen-bond acceptors (Lipinski definition) is 1. The molecule has 2 aromatic rings. The number of aryl methyl sites for hydroxylation is 1. The van der Waals surface area contributed by atoms with E-state index in [-0.39, 0.29) is 0 Å². The minimum absolute atomic E-state index is 0.342. The van der Waals surface area contributed by atoms with Gasteiger partial charge in [0.1, 0.15) is 5.69 Å². The molecule has 1 radical (unpaired) electrons. The Hall–Kier alpha value is -1.77. The van der Waals surface area contributed by atoms with Crippen LogP contribution in [0.2, 0.25) is 0 Å². The van der Waals surface area contributed by atoms with Gasteiger partial charge in [-0.1, -0.05) is 19.1 Å². The number of carboxylic acids is 1. The lowest BCUT2D eigenvalue weighted by atomic mass is 10.2. The molecular weight excluding hydrogens is 190 g/mol. The van der Waals surface area contributed by atoms with Gasteiger partial charge in [0, 0.05) is 17.4 Å². The number of benzene rings is 1. The Labute approximate surface area is 87.9 Å². The molecule has 1 aromatic heterocycles. The minimum Gasteiger partial charge on any atom is -0.477 e. The lowest BCUT2D eigenvalue weighted by Gasteiger charge is -2.05. The quantitative estimate of drug-likeness (QED) is 0.831. The van der Waals surface area contributed by atoms with Gasteiger partial charge < -0.3 is 9.67 Å². The largest absolute Gasteiger partial charge is 0.477 e. The third-order valence-electron chi connectivity index (χ3n) is 2.39. The fraction of sp³-hybridized carbons (Fsp3) is 0.250. The van der Waals surface area contributed by atoms with E-state index in [2.05, 4.69) is 6.07 Å². The van der Waals surface area contributed by atoms with Gasteiger partial charge >= 0.3 is 5.97 Å². The van der Waals surface area contributed by atoms with Crippen LogP contribution >= 0.6 is 0 Å². The average molecular weight is 202 g/mol. The highest BCUT2D eigenvalue weighted by atomic mass is 16.4. The maximum atomic E-state index is 11.0. The average Bonchev–Trinajstić information content (AvgIpc) is 2.58. The lowest BCUT2D eigenvalue weighted by Crippen LogP contribution is -2.07. The van der Waals surface area contributed by atoms with Crippen molar-refractivity contribution in [3.63, 3.8) is 0 Å². The number of aromatic carboxylic acids is 1. The molecule has 15 heavy (non-hydrogen) atoms. The second-order valence-corrected chi connectivity index (χ2v) is 3.46. The maximum Gasteiger partial charge on any atom is 0.352 e. The summed E-state index contributed by atoms with van der Waals surface area (Å²) in [6.45, 7) is 2.76. The van der Waals surface area contributed by atoms with Gasteiger partial charge in [-0.3, -0.25) is 0 Å². The molecular formula is C12H12NO2. The molecule has 1 heterocycles. The van der Waals surface area contributed by atoms with Crippen molar-refractivity contribution in [2.45, 2.75) is 19.9 Å². The standard InChI is InChI=1S/C12H12NO2/c1-2-7-13-10-6-4-3-5-9(10)8-11(13)12(14)15/h3-4,6,8H,2,7H2,1H3,(H,14,15). The van der Waals surface area contributed by atoms with E-state index >= 15 is 0 Å². The molecule has 0 amide bonds. The Morgan fingerprint density at radius 2 is 2.40 bits per heavy atom. The highest BCUT2D eigenvalue weighted by molar-refractivity contribution is 5.94. The molecule has 0 saturated carbocycles. The summed E-state index contributed by atoms with van der Waals surface area (Å²) >= 11 is 0. The van der Waals surface area contributed by atoms with E-state index in [1.165, 1.54) is 0 Å². The number of hydrogen-bond donors (Lipinski definition) is 1. The monoisotopic (exact) mass is 202 g/mol. The molecule has 0 saturated heterocycles. The highest BCUT2D eigenvalue weighted by Crippen LogP contribution is 2.19. The minimum atomic E-state index is -0.881. The van der Waals surface area contributed by atoms with E-state index in [0.29, 0.717) is 5.69 Å². The van der Waals surface area contributed by atoms with Crippen molar-refractivity contribution >= 4 is 16.9 Å². The SMILES string of the molecule is CCCn1c(C(=O)O)cc2[c]cccc21. The molecule has 0 unspecified atom stereocenters. The molecule has 0 fully saturated rings. The van der Waals surface area contributed by atoms with Crippen LogP contribution in [0.1, 0.15) is 23.8 Å². The van der Waals surface area contributed by atoms with E-state index < -0.39 is 5.97 Å². The lowest BCUT2D eigenvalue weighted by molar-refractivity contribution is 0.0685. The van der Waals surface area contributed by atoms with E-state index in [1.807, 2.05) is 23.6 Å². The van der Waals surface area contributed by atoms with Gasteiger partial charge in [-0.15, -0.1) is 0 Å². The Morgan fingerprint density at radius 3 is 3.07 bits per heavy atom. The van der Waals surface area contributed by atoms with Gasteiger partial charge in [0.15, 0.2) is 0 Å². The Morgan fingerprint density at radius 1 is 1.60 bits per heavy atom. The summed E-state index contributed by atoms with van der Waals surface area (Å²) in [5, 5.41) is 9.92. The van der Waals surface area contributed by atoms with Crippen molar-refractivity contribution in [2.24, 2.45) is 0 Å². The fourth-order valence-corrected chi connectivity index (χ4v) is 1.78. The molecule has 77 valence electrons. The van der Waals surface area contributed by atoms with E-state index in [4.69, 9.17) is 5.11 Å². The first-order chi connectivity index (χ1) is 7.24. The predicted molar refractivity (Wildman–Crippen MR) is 58.0 cm³/mol. The van der Waals surface area contributed by atoms with Crippen LogP contribution in [0, 0.1) is 6.07 Å². The first kappa shape index (κ1) is 9.77. The summed E-state index contributed by atoms with van der Waals surface area (Å²) in [6.07, 6.45) is 0.916. The number of rotatable bonds is 3. The molecule has 0 bridgehead atoms. The van der Waals surface area contributed by atoms with Gasteiger partial charge in [0.2, 0.25) is 0 Å². The van der Waals surface area contributed by atoms with Gasteiger partial charge in [0.05, 0.1) is 0 Å². The summed E-state index contributed by atoms with van der Waals surface area (Å²) in [5.74, 6) is -0.881. The molecule has 1 aromatic carbocycles. The van der Waals surface area contributed by atoms with Crippen molar-refractivity contribution in [3.8, 4) is 0 Å². The predicted octanol–water partition coefficient (Wildman–Crippen LogP) is 2.55. The number of aromatic nitrogens is 1. The van der Waals surface area contributed by atoms with Crippen LogP contribution in [-0.2, 0) is 6.54 Å². The van der Waals surface area contributed by atoms with Gasteiger partial charge in [-0.05, 0) is 24.6 Å². The summed E-state index contributed by atoms with van der Waals surface area (Å²) < 4.78 is 1.83. The zero-order valence-electron chi connectivity index (χ0n) is 8.53. The third kappa shape index (κ3) is 1.61. The summed E-state index contributed by atoms with van der Waals surface area (Å²) in [4.78, 5) is 11.0. The Bertz CT molecular complexity index is 499. The normalized spacial score (nSPS) is 10.7. The zero-order chi connectivity index (χ0) is 10.8. The fourth-order valence-electron chi connectivity index (χ4n) is 1.78. The zero-order valence-corrected chi connectivity index (χ0v) is 8.53. The number of nitrogens with zero attached hydrogens (tertiary/aromatic N) is 1. The van der Waals surface area contributed by atoms with Crippen LogP contribution in [0.5, 0.6) is 0 Å². The molecule has 1 N–H and O–H groups in total. The first-order valence-electron chi connectivity index (χ1n) is 4.97. The van der Waals surface area contributed by atoms with Crippen molar-refractivity contribution in [3.05, 3.63) is 36.0 Å². The van der Waals surface area contributed by atoms with Gasteiger partial charge in [-0.2, -0.15) is 0 Å². The van der Waals surface area contributed by atoms with Crippen LogP contribution in [0.4, 0.5) is 0 Å². The first-order valence-corrected chi connectivity index (χ1v) is 4.97. The van der Waals surface area contributed by atoms with Crippen molar-refractivity contribution in [1.29, 1.82) is 0 Å². The number of carbonyl (C=O) groups is 1. The van der Waals surface area contributed by atoms with Crippen LogP contribution in [0.3, 0.4) is 0 Å². The molecule has 0 atom stereocenters. The summed E-state index contributed by atoms with van der Waals surface area (Å²) in [5.41, 5.74) is 1.28. The van der Waals surface area contributed by atoms with Crippen LogP contribution in [-0.4, -0.2) is 15.6 Å². The van der Waals surface area contributed by atoms with E-state index in [9.17, 15) is 4.79 Å². The molecule has 0 aliphatic heterocycles. The maximum absolute atomic E-state index is 11.0. The van der Waals surface area contributed by atoms with E-state index in [1.54, 1.807) is 12.1 Å². The second kappa shape index (κ2) is 3.77. The Balaban J connectivity index is 2.68. The van der Waals surface area contributed by atoms with Crippen LogP contribution < -0.4 is 0 Å². The third-order valence-corrected chi connectivity index (χ3v) is 2.39. The van der Waals surface area contributed by atoms with Gasteiger partial charge in [0.25, 0.3) is 0 Å². The number of fused-ring (bicyclic) bond motifs is 1. The van der Waals surface area contributed by atoms with Gasteiger partial charge in [-0.25, -0.2) is 4.79 Å².